The highest BCUT2D eigenvalue weighted by atomic mass is 15.2. The van der Waals surface area contributed by atoms with Gasteiger partial charge in [-0.25, -0.2) is 0 Å². The number of rotatable bonds is 4. The van der Waals surface area contributed by atoms with Gasteiger partial charge in [-0.2, -0.15) is 0 Å². The SMILES string of the molecule is Cc1ccc(NCCC2CN(C)CCN2)c(C)c1. The van der Waals surface area contributed by atoms with Crippen molar-refractivity contribution < 1.29 is 0 Å². The average molecular weight is 247 g/mol. The highest BCUT2D eigenvalue weighted by molar-refractivity contribution is 5.51. The highest BCUT2D eigenvalue weighted by Crippen LogP contribution is 2.16. The van der Waals surface area contributed by atoms with E-state index in [0.29, 0.717) is 6.04 Å². The Balaban J connectivity index is 1.77. The summed E-state index contributed by atoms with van der Waals surface area (Å²) in [6.45, 7) is 8.79. The monoisotopic (exact) mass is 247 g/mol. The van der Waals surface area contributed by atoms with Gasteiger partial charge >= 0.3 is 0 Å². The molecule has 1 aliphatic rings. The van der Waals surface area contributed by atoms with Crippen LogP contribution in [0.25, 0.3) is 0 Å². The Kier molecular flexibility index (Phi) is 4.61. The van der Waals surface area contributed by atoms with Gasteiger partial charge in [0, 0.05) is 37.9 Å². The molecule has 3 heteroatoms. The summed E-state index contributed by atoms with van der Waals surface area (Å²) in [7, 11) is 2.20. The van der Waals surface area contributed by atoms with Gasteiger partial charge in [0.2, 0.25) is 0 Å². The number of anilines is 1. The molecule has 1 unspecified atom stereocenters. The predicted octanol–water partition coefficient (Wildman–Crippen LogP) is 2.01. The average Bonchev–Trinajstić information content (AvgIpc) is 2.32. The number of aryl methyl sites for hydroxylation is 2. The number of benzene rings is 1. The molecule has 1 atom stereocenters. The van der Waals surface area contributed by atoms with Crippen LogP contribution >= 0.6 is 0 Å². The van der Waals surface area contributed by atoms with E-state index in [1.807, 2.05) is 0 Å². The minimum atomic E-state index is 0.627. The summed E-state index contributed by atoms with van der Waals surface area (Å²) in [6.07, 6.45) is 1.18. The molecular weight excluding hydrogens is 222 g/mol. The van der Waals surface area contributed by atoms with Crippen molar-refractivity contribution in [3.05, 3.63) is 29.3 Å². The van der Waals surface area contributed by atoms with E-state index < -0.39 is 0 Å². The molecule has 2 N–H and O–H groups in total. The Labute approximate surface area is 111 Å². The number of nitrogens with one attached hydrogen (secondary N) is 2. The summed E-state index contributed by atoms with van der Waals surface area (Å²) >= 11 is 0. The van der Waals surface area contributed by atoms with Crippen molar-refractivity contribution >= 4 is 5.69 Å². The van der Waals surface area contributed by atoms with E-state index in [1.54, 1.807) is 0 Å². The molecule has 1 aliphatic heterocycles. The van der Waals surface area contributed by atoms with Gasteiger partial charge < -0.3 is 15.5 Å². The predicted molar refractivity (Wildman–Crippen MR) is 78.3 cm³/mol. The number of hydrogen-bond donors (Lipinski definition) is 2. The van der Waals surface area contributed by atoms with E-state index in [2.05, 4.69) is 54.6 Å². The Hall–Kier alpha value is -1.06. The number of piperazine rings is 1. The molecule has 1 heterocycles. The van der Waals surface area contributed by atoms with Crippen LogP contribution in [0.15, 0.2) is 18.2 Å². The van der Waals surface area contributed by atoms with Crippen LogP contribution in [0.1, 0.15) is 17.5 Å². The molecule has 0 radical (unpaired) electrons. The fourth-order valence-corrected chi connectivity index (χ4v) is 2.58. The van der Waals surface area contributed by atoms with Crippen molar-refractivity contribution in [2.24, 2.45) is 0 Å². The second kappa shape index (κ2) is 6.21. The summed E-state index contributed by atoms with van der Waals surface area (Å²) in [6, 6.07) is 7.21. The van der Waals surface area contributed by atoms with Crippen molar-refractivity contribution in [1.29, 1.82) is 0 Å². The molecule has 0 aliphatic carbocycles. The van der Waals surface area contributed by atoms with E-state index in [9.17, 15) is 0 Å². The first-order valence-electron chi connectivity index (χ1n) is 6.88. The number of likely N-dealkylation sites (N-methyl/N-ethyl adjacent to an activating group) is 1. The van der Waals surface area contributed by atoms with Crippen LogP contribution < -0.4 is 10.6 Å². The zero-order valence-corrected chi connectivity index (χ0v) is 11.8. The van der Waals surface area contributed by atoms with Crippen molar-refractivity contribution in [3.8, 4) is 0 Å². The summed E-state index contributed by atoms with van der Waals surface area (Å²) in [5.41, 5.74) is 3.93. The van der Waals surface area contributed by atoms with Crippen LogP contribution in [0.3, 0.4) is 0 Å². The molecule has 0 saturated carbocycles. The Morgan fingerprint density at radius 1 is 1.39 bits per heavy atom. The van der Waals surface area contributed by atoms with Gasteiger partial charge in [0.15, 0.2) is 0 Å². The summed E-state index contributed by atoms with van der Waals surface area (Å²) in [5, 5.41) is 7.12. The van der Waals surface area contributed by atoms with Crippen molar-refractivity contribution in [3.63, 3.8) is 0 Å². The minimum absolute atomic E-state index is 0.627. The van der Waals surface area contributed by atoms with E-state index in [0.717, 1.165) is 19.6 Å². The lowest BCUT2D eigenvalue weighted by Gasteiger charge is -2.31. The molecule has 3 nitrogen and oxygen atoms in total. The first-order chi connectivity index (χ1) is 8.65. The third kappa shape index (κ3) is 3.72. The van der Waals surface area contributed by atoms with Gasteiger partial charge in [0.05, 0.1) is 0 Å². The molecule has 1 fully saturated rings. The fourth-order valence-electron chi connectivity index (χ4n) is 2.58. The lowest BCUT2D eigenvalue weighted by molar-refractivity contribution is 0.234. The maximum Gasteiger partial charge on any atom is 0.0370 e. The van der Waals surface area contributed by atoms with E-state index in [1.165, 1.54) is 29.8 Å². The lowest BCUT2D eigenvalue weighted by atomic mass is 10.1. The molecule has 2 rings (SSSR count). The van der Waals surface area contributed by atoms with Gasteiger partial charge in [0.1, 0.15) is 0 Å². The molecule has 0 aromatic heterocycles. The maximum atomic E-state index is 3.58. The van der Waals surface area contributed by atoms with Crippen molar-refractivity contribution in [1.82, 2.24) is 10.2 Å². The van der Waals surface area contributed by atoms with Gasteiger partial charge in [-0.15, -0.1) is 0 Å². The summed E-state index contributed by atoms with van der Waals surface area (Å²) in [4.78, 5) is 2.40. The molecule has 1 aromatic carbocycles. The fraction of sp³-hybridized carbons (Fsp3) is 0.600. The lowest BCUT2D eigenvalue weighted by Crippen LogP contribution is -2.49. The smallest absolute Gasteiger partial charge is 0.0370 e. The first kappa shape index (κ1) is 13.4. The van der Waals surface area contributed by atoms with Crippen LogP contribution in [-0.2, 0) is 0 Å². The van der Waals surface area contributed by atoms with E-state index in [4.69, 9.17) is 0 Å². The van der Waals surface area contributed by atoms with Gasteiger partial charge in [-0.3, -0.25) is 0 Å². The van der Waals surface area contributed by atoms with Crippen LogP contribution in [0.2, 0.25) is 0 Å². The molecule has 0 amide bonds. The number of nitrogens with zero attached hydrogens (tertiary/aromatic N) is 1. The molecular formula is C15H25N3. The quantitative estimate of drug-likeness (QED) is 0.852. The summed E-state index contributed by atoms with van der Waals surface area (Å²) in [5.74, 6) is 0. The molecule has 1 aromatic rings. The second-order valence-electron chi connectivity index (χ2n) is 5.45. The van der Waals surface area contributed by atoms with Crippen molar-refractivity contribution in [2.45, 2.75) is 26.3 Å². The number of hydrogen-bond acceptors (Lipinski definition) is 3. The van der Waals surface area contributed by atoms with Gasteiger partial charge in [-0.05, 0) is 38.9 Å². The Bertz CT molecular complexity index is 389. The van der Waals surface area contributed by atoms with Crippen LogP contribution in [-0.4, -0.2) is 44.2 Å². The zero-order chi connectivity index (χ0) is 13.0. The maximum absolute atomic E-state index is 3.58. The largest absolute Gasteiger partial charge is 0.385 e. The third-order valence-corrected chi connectivity index (χ3v) is 3.65. The zero-order valence-electron chi connectivity index (χ0n) is 11.8. The Morgan fingerprint density at radius 3 is 2.94 bits per heavy atom. The molecule has 18 heavy (non-hydrogen) atoms. The highest BCUT2D eigenvalue weighted by Gasteiger charge is 2.15. The first-order valence-corrected chi connectivity index (χ1v) is 6.88. The Morgan fingerprint density at radius 2 is 2.22 bits per heavy atom. The standard InChI is InChI=1S/C15H25N3/c1-12-4-5-15(13(2)10-12)17-7-6-14-11-18(3)9-8-16-14/h4-5,10,14,16-17H,6-9,11H2,1-3H3. The topological polar surface area (TPSA) is 27.3 Å². The molecule has 100 valence electrons. The molecule has 1 saturated heterocycles. The van der Waals surface area contributed by atoms with Crippen LogP contribution in [0.4, 0.5) is 5.69 Å². The molecule has 0 spiro atoms. The van der Waals surface area contributed by atoms with Crippen LogP contribution in [0, 0.1) is 13.8 Å². The van der Waals surface area contributed by atoms with Gasteiger partial charge in [-0.1, -0.05) is 17.7 Å². The van der Waals surface area contributed by atoms with E-state index in [-0.39, 0.29) is 0 Å². The normalized spacial score (nSPS) is 20.9. The van der Waals surface area contributed by atoms with Crippen molar-refractivity contribution in [2.75, 3.05) is 38.5 Å². The van der Waals surface area contributed by atoms with Crippen LogP contribution in [0.5, 0.6) is 0 Å². The van der Waals surface area contributed by atoms with Gasteiger partial charge in [0.25, 0.3) is 0 Å². The third-order valence-electron chi connectivity index (χ3n) is 3.65. The summed E-state index contributed by atoms with van der Waals surface area (Å²) < 4.78 is 0. The minimum Gasteiger partial charge on any atom is -0.385 e. The second-order valence-corrected chi connectivity index (χ2v) is 5.45. The van der Waals surface area contributed by atoms with E-state index >= 15 is 0 Å². The molecule has 0 bridgehead atoms.